The van der Waals surface area contributed by atoms with Crippen molar-refractivity contribution < 1.29 is 4.79 Å². The molecule has 1 amide bonds. The Balaban J connectivity index is 2.76. The van der Waals surface area contributed by atoms with E-state index in [2.05, 4.69) is 16.8 Å². The zero-order valence-electron chi connectivity index (χ0n) is 10.3. The minimum atomic E-state index is 0.00116. The fraction of sp³-hybridized carbons (Fsp3) is 0.583. The Hall–Kier alpha value is -1.29. The number of nitrogens with two attached hydrogens (primary N) is 1. The normalized spacial score (nSPS) is 10.5. The molecule has 90 valence electrons. The van der Waals surface area contributed by atoms with E-state index in [1.54, 1.807) is 0 Å². The molecule has 0 saturated carbocycles. The van der Waals surface area contributed by atoms with Crippen molar-refractivity contribution in [3.05, 3.63) is 23.0 Å². The average Bonchev–Trinajstić information content (AvgIpc) is 2.54. The summed E-state index contributed by atoms with van der Waals surface area (Å²) in [5, 5.41) is 2.87. The van der Waals surface area contributed by atoms with Crippen molar-refractivity contribution in [2.75, 3.05) is 13.1 Å². The van der Waals surface area contributed by atoms with Gasteiger partial charge < -0.3 is 15.6 Å². The number of carbonyl (C=O) groups excluding carboxylic acids is 1. The highest BCUT2D eigenvalue weighted by atomic mass is 16.1. The molecule has 0 aliphatic rings. The molecule has 1 aromatic rings. The van der Waals surface area contributed by atoms with E-state index < -0.39 is 0 Å². The molecule has 0 radical (unpaired) electrons. The van der Waals surface area contributed by atoms with Crippen LogP contribution in [-0.4, -0.2) is 23.6 Å². The predicted octanol–water partition coefficient (Wildman–Crippen LogP) is 1.20. The van der Waals surface area contributed by atoms with Crippen molar-refractivity contribution >= 4 is 5.91 Å². The lowest BCUT2D eigenvalue weighted by atomic mass is 10.2. The number of nitrogens with zero attached hydrogens (tertiary/aromatic N) is 1. The maximum absolute atomic E-state index is 11.9. The molecule has 1 rings (SSSR count). The minimum Gasteiger partial charge on any atom is -0.352 e. The first kappa shape index (κ1) is 12.8. The molecule has 3 N–H and O–H groups in total. The van der Waals surface area contributed by atoms with Crippen LogP contribution in [0.1, 0.15) is 35.1 Å². The molecule has 0 aliphatic carbocycles. The lowest BCUT2D eigenvalue weighted by Crippen LogP contribution is -2.26. The summed E-state index contributed by atoms with van der Waals surface area (Å²) in [6.45, 7) is 8.23. The van der Waals surface area contributed by atoms with Gasteiger partial charge in [-0.25, -0.2) is 0 Å². The number of hydrogen-bond donors (Lipinski definition) is 2. The van der Waals surface area contributed by atoms with Gasteiger partial charge in [-0.3, -0.25) is 4.79 Å². The highest BCUT2D eigenvalue weighted by molar-refractivity contribution is 5.95. The number of aryl methyl sites for hydroxylation is 1. The van der Waals surface area contributed by atoms with Gasteiger partial charge in [0.2, 0.25) is 0 Å². The summed E-state index contributed by atoms with van der Waals surface area (Å²) >= 11 is 0. The van der Waals surface area contributed by atoms with Crippen LogP contribution >= 0.6 is 0 Å². The number of hydrogen-bond acceptors (Lipinski definition) is 2. The predicted molar refractivity (Wildman–Crippen MR) is 65.6 cm³/mol. The van der Waals surface area contributed by atoms with E-state index in [0.717, 1.165) is 29.9 Å². The van der Waals surface area contributed by atoms with Crippen LogP contribution in [-0.2, 0) is 6.54 Å². The molecule has 0 fully saturated rings. The maximum Gasteiger partial charge on any atom is 0.253 e. The standard InChI is InChI=1S/C12H21N3O/c1-4-15-9(2)8-11(10(15)3)12(16)14-7-5-6-13/h8H,4-7,13H2,1-3H3,(H,14,16). The zero-order chi connectivity index (χ0) is 12.1. The zero-order valence-corrected chi connectivity index (χ0v) is 10.3. The molecule has 1 aromatic heterocycles. The van der Waals surface area contributed by atoms with Crippen LogP contribution in [0.15, 0.2) is 6.07 Å². The van der Waals surface area contributed by atoms with Crippen molar-refractivity contribution in [3.8, 4) is 0 Å². The van der Waals surface area contributed by atoms with E-state index in [0.29, 0.717) is 13.1 Å². The van der Waals surface area contributed by atoms with Crippen LogP contribution in [0.2, 0.25) is 0 Å². The van der Waals surface area contributed by atoms with Gasteiger partial charge in [0.25, 0.3) is 5.91 Å². The van der Waals surface area contributed by atoms with Gasteiger partial charge in [-0.15, -0.1) is 0 Å². The fourth-order valence-electron chi connectivity index (χ4n) is 1.92. The quantitative estimate of drug-likeness (QED) is 0.737. The molecule has 0 spiro atoms. The van der Waals surface area contributed by atoms with Gasteiger partial charge in [-0.05, 0) is 39.8 Å². The minimum absolute atomic E-state index is 0.00116. The summed E-state index contributed by atoms with van der Waals surface area (Å²) in [6.07, 6.45) is 0.818. The second-order valence-electron chi connectivity index (χ2n) is 3.93. The topological polar surface area (TPSA) is 60.0 Å². The van der Waals surface area contributed by atoms with E-state index in [4.69, 9.17) is 5.73 Å². The van der Waals surface area contributed by atoms with Gasteiger partial charge in [-0.2, -0.15) is 0 Å². The van der Waals surface area contributed by atoms with Gasteiger partial charge in [-0.1, -0.05) is 0 Å². The Morgan fingerprint density at radius 1 is 1.50 bits per heavy atom. The fourth-order valence-corrected chi connectivity index (χ4v) is 1.92. The molecule has 0 aromatic carbocycles. The van der Waals surface area contributed by atoms with Crippen LogP contribution in [0.4, 0.5) is 0 Å². The van der Waals surface area contributed by atoms with E-state index in [-0.39, 0.29) is 5.91 Å². The van der Waals surface area contributed by atoms with E-state index >= 15 is 0 Å². The van der Waals surface area contributed by atoms with Crippen molar-refractivity contribution in [2.45, 2.75) is 33.7 Å². The summed E-state index contributed by atoms with van der Waals surface area (Å²) in [7, 11) is 0. The van der Waals surface area contributed by atoms with Crippen molar-refractivity contribution in [3.63, 3.8) is 0 Å². The SMILES string of the molecule is CCn1c(C)cc(C(=O)NCCCN)c1C. The third-order valence-electron chi connectivity index (χ3n) is 2.80. The molecular formula is C12H21N3O. The third-order valence-corrected chi connectivity index (χ3v) is 2.80. The summed E-state index contributed by atoms with van der Waals surface area (Å²) in [4.78, 5) is 11.9. The molecular weight excluding hydrogens is 202 g/mol. The van der Waals surface area contributed by atoms with Crippen LogP contribution < -0.4 is 11.1 Å². The third kappa shape index (κ3) is 2.64. The average molecular weight is 223 g/mol. The maximum atomic E-state index is 11.9. The highest BCUT2D eigenvalue weighted by Gasteiger charge is 2.13. The van der Waals surface area contributed by atoms with Crippen molar-refractivity contribution in [1.29, 1.82) is 0 Å². The molecule has 16 heavy (non-hydrogen) atoms. The molecule has 4 heteroatoms. The Morgan fingerprint density at radius 2 is 2.19 bits per heavy atom. The van der Waals surface area contributed by atoms with Crippen LogP contribution in [0, 0.1) is 13.8 Å². The van der Waals surface area contributed by atoms with Gasteiger partial charge >= 0.3 is 0 Å². The monoisotopic (exact) mass is 223 g/mol. The lowest BCUT2D eigenvalue weighted by molar-refractivity contribution is 0.0953. The Morgan fingerprint density at radius 3 is 2.69 bits per heavy atom. The van der Waals surface area contributed by atoms with Crippen LogP contribution in [0.3, 0.4) is 0 Å². The second-order valence-corrected chi connectivity index (χ2v) is 3.93. The Bertz CT molecular complexity index is 369. The lowest BCUT2D eigenvalue weighted by Gasteiger charge is -2.06. The summed E-state index contributed by atoms with van der Waals surface area (Å²) < 4.78 is 2.14. The number of aromatic nitrogens is 1. The van der Waals surface area contributed by atoms with Crippen molar-refractivity contribution in [2.24, 2.45) is 5.73 Å². The molecule has 0 aliphatic heterocycles. The molecule has 0 unspecified atom stereocenters. The highest BCUT2D eigenvalue weighted by Crippen LogP contribution is 2.14. The first-order valence-electron chi connectivity index (χ1n) is 5.76. The second kappa shape index (κ2) is 5.70. The molecule has 4 nitrogen and oxygen atoms in total. The Kier molecular flexibility index (Phi) is 4.55. The van der Waals surface area contributed by atoms with Crippen LogP contribution in [0.5, 0.6) is 0 Å². The first-order valence-corrected chi connectivity index (χ1v) is 5.76. The number of amides is 1. The van der Waals surface area contributed by atoms with Crippen LogP contribution in [0.25, 0.3) is 0 Å². The Labute approximate surface area is 96.8 Å². The van der Waals surface area contributed by atoms with Crippen molar-refractivity contribution in [1.82, 2.24) is 9.88 Å². The number of carbonyl (C=O) groups is 1. The molecule has 0 saturated heterocycles. The summed E-state index contributed by atoms with van der Waals surface area (Å²) in [5.74, 6) is 0.00116. The molecule has 1 heterocycles. The van der Waals surface area contributed by atoms with E-state index in [1.807, 2.05) is 19.9 Å². The van der Waals surface area contributed by atoms with Gasteiger partial charge in [0.05, 0.1) is 5.56 Å². The summed E-state index contributed by atoms with van der Waals surface area (Å²) in [5.41, 5.74) is 8.31. The molecule has 0 bridgehead atoms. The van der Waals surface area contributed by atoms with Gasteiger partial charge in [0.1, 0.15) is 0 Å². The van der Waals surface area contributed by atoms with E-state index in [1.165, 1.54) is 0 Å². The molecule has 0 atom stereocenters. The smallest absolute Gasteiger partial charge is 0.253 e. The first-order chi connectivity index (χ1) is 7.61. The number of rotatable bonds is 5. The van der Waals surface area contributed by atoms with E-state index in [9.17, 15) is 4.79 Å². The summed E-state index contributed by atoms with van der Waals surface area (Å²) in [6, 6.07) is 1.94. The number of nitrogens with one attached hydrogen (secondary N) is 1. The largest absolute Gasteiger partial charge is 0.352 e. The van der Waals surface area contributed by atoms with Gasteiger partial charge in [0, 0.05) is 24.5 Å². The van der Waals surface area contributed by atoms with Gasteiger partial charge in [0.15, 0.2) is 0 Å².